The van der Waals surface area contributed by atoms with Crippen LogP contribution in [-0.2, 0) is 11.2 Å². The van der Waals surface area contributed by atoms with E-state index in [4.69, 9.17) is 0 Å². The number of nitrogens with zero attached hydrogens (tertiary/aromatic N) is 1. The molecule has 0 bridgehead atoms. The molecule has 0 fully saturated rings. The molecule has 3 nitrogen and oxygen atoms in total. The molecular formula is C18H26N2O. The van der Waals surface area contributed by atoms with Crippen molar-refractivity contribution in [1.82, 2.24) is 9.88 Å². The molecule has 0 aliphatic rings. The summed E-state index contributed by atoms with van der Waals surface area (Å²) < 4.78 is 0. The van der Waals surface area contributed by atoms with E-state index < -0.39 is 0 Å². The van der Waals surface area contributed by atoms with E-state index in [1.165, 1.54) is 10.9 Å². The van der Waals surface area contributed by atoms with Crippen LogP contribution in [0.1, 0.15) is 39.2 Å². The number of amides is 1. The first kappa shape index (κ1) is 15.6. The van der Waals surface area contributed by atoms with Crippen LogP contribution in [0.2, 0.25) is 0 Å². The highest BCUT2D eigenvalue weighted by Crippen LogP contribution is 2.19. The van der Waals surface area contributed by atoms with Gasteiger partial charge >= 0.3 is 0 Å². The van der Waals surface area contributed by atoms with Crippen molar-refractivity contribution in [3.63, 3.8) is 0 Å². The van der Waals surface area contributed by atoms with Gasteiger partial charge in [-0.2, -0.15) is 0 Å². The van der Waals surface area contributed by atoms with Crippen LogP contribution in [0.4, 0.5) is 0 Å². The number of hydrogen-bond acceptors (Lipinski definition) is 1. The van der Waals surface area contributed by atoms with Gasteiger partial charge in [0.05, 0.1) is 0 Å². The highest BCUT2D eigenvalue weighted by molar-refractivity contribution is 5.84. The number of carbonyl (C=O) groups excluding carboxylic acids is 1. The molecule has 114 valence electrons. The van der Waals surface area contributed by atoms with Crippen molar-refractivity contribution in [3.05, 3.63) is 36.0 Å². The maximum absolute atomic E-state index is 12.3. The molecule has 0 spiro atoms. The Kier molecular flexibility index (Phi) is 5.05. The second-order valence-corrected chi connectivity index (χ2v) is 6.34. The van der Waals surface area contributed by atoms with E-state index in [0.29, 0.717) is 18.4 Å². The molecule has 21 heavy (non-hydrogen) atoms. The second-order valence-electron chi connectivity index (χ2n) is 6.34. The Morgan fingerprint density at radius 2 is 1.95 bits per heavy atom. The van der Waals surface area contributed by atoms with Gasteiger partial charge < -0.3 is 9.88 Å². The quantitative estimate of drug-likeness (QED) is 0.856. The first-order chi connectivity index (χ1) is 9.99. The third-order valence-electron chi connectivity index (χ3n) is 4.15. The number of fused-ring (bicyclic) bond motifs is 1. The molecule has 0 saturated carbocycles. The Balaban J connectivity index is 1.94. The topological polar surface area (TPSA) is 36.1 Å². The third-order valence-corrected chi connectivity index (χ3v) is 4.15. The summed E-state index contributed by atoms with van der Waals surface area (Å²) in [6.07, 6.45) is 4.44. The smallest absolute Gasteiger partial charge is 0.222 e. The molecule has 1 amide bonds. The summed E-state index contributed by atoms with van der Waals surface area (Å²) in [5.41, 5.74) is 2.37. The molecule has 3 heteroatoms. The minimum absolute atomic E-state index is 0.230. The lowest BCUT2D eigenvalue weighted by atomic mass is 10.0. The molecule has 1 aromatic heterocycles. The summed E-state index contributed by atoms with van der Waals surface area (Å²) >= 11 is 0. The number of H-pyrrole nitrogens is 1. The minimum Gasteiger partial charge on any atom is -0.361 e. The molecule has 2 aromatic rings. The second kappa shape index (κ2) is 6.79. The van der Waals surface area contributed by atoms with Crippen LogP contribution in [0, 0.1) is 5.92 Å². The molecule has 1 aromatic carbocycles. The van der Waals surface area contributed by atoms with Gasteiger partial charge in [0.1, 0.15) is 0 Å². The fraction of sp³-hybridized carbons (Fsp3) is 0.500. The third kappa shape index (κ3) is 3.87. The molecular weight excluding hydrogens is 260 g/mol. The monoisotopic (exact) mass is 286 g/mol. The van der Waals surface area contributed by atoms with Crippen molar-refractivity contribution >= 4 is 16.8 Å². The summed E-state index contributed by atoms with van der Waals surface area (Å²) in [5.74, 6) is 0.845. The predicted molar refractivity (Wildman–Crippen MR) is 88.3 cm³/mol. The van der Waals surface area contributed by atoms with Crippen LogP contribution in [0.5, 0.6) is 0 Å². The van der Waals surface area contributed by atoms with Gasteiger partial charge in [-0.1, -0.05) is 32.0 Å². The maximum Gasteiger partial charge on any atom is 0.222 e. The van der Waals surface area contributed by atoms with E-state index in [1.807, 2.05) is 30.3 Å². The van der Waals surface area contributed by atoms with Crippen LogP contribution < -0.4 is 0 Å². The van der Waals surface area contributed by atoms with Crippen LogP contribution in [0.25, 0.3) is 10.9 Å². The van der Waals surface area contributed by atoms with Crippen LogP contribution >= 0.6 is 0 Å². The van der Waals surface area contributed by atoms with Crippen LogP contribution in [0.3, 0.4) is 0 Å². The van der Waals surface area contributed by atoms with Gasteiger partial charge in [0.2, 0.25) is 5.91 Å². The van der Waals surface area contributed by atoms with Gasteiger partial charge in [-0.15, -0.1) is 0 Å². The zero-order chi connectivity index (χ0) is 15.4. The van der Waals surface area contributed by atoms with Crippen LogP contribution in [-0.4, -0.2) is 28.9 Å². The van der Waals surface area contributed by atoms with E-state index in [1.54, 1.807) is 0 Å². The fourth-order valence-corrected chi connectivity index (χ4v) is 2.84. The largest absolute Gasteiger partial charge is 0.361 e. The van der Waals surface area contributed by atoms with Gasteiger partial charge in [0.15, 0.2) is 0 Å². The number of aryl methyl sites for hydroxylation is 1. The highest BCUT2D eigenvalue weighted by atomic mass is 16.2. The lowest BCUT2D eigenvalue weighted by Crippen LogP contribution is -2.36. The number of carbonyl (C=O) groups is 1. The number of aromatic nitrogens is 1. The number of nitrogens with one attached hydrogen (secondary N) is 1. The summed E-state index contributed by atoms with van der Waals surface area (Å²) in [7, 11) is 1.92. The van der Waals surface area contributed by atoms with Crippen molar-refractivity contribution < 1.29 is 4.79 Å². The molecule has 1 heterocycles. The number of aromatic amines is 1. The van der Waals surface area contributed by atoms with Crippen molar-refractivity contribution in [2.24, 2.45) is 5.92 Å². The minimum atomic E-state index is 0.230. The fourth-order valence-electron chi connectivity index (χ4n) is 2.84. The Bertz CT molecular complexity index is 600. The molecule has 2 rings (SSSR count). The SMILES string of the molecule is CC(C)C[C@@H](C)N(C)C(=O)CCc1c[nH]c2ccccc12. The number of rotatable bonds is 6. The van der Waals surface area contributed by atoms with E-state index in [2.05, 4.69) is 37.9 Å². The molecule has 1 N–H and O–H groups in total. The highest BCUT2D eigenvalue weighted by Gasteiger charge is 2.17. The predicted octanol–water partition coefficient (Wildman–Crippen LogP) is 3.99. The van der Waals surface area contributed by atoms with Gasteiger partial charge in [0.25, 0.3) is 0 Å². The molecule has 1 atom stereocenters. The number of hydrogen-bond donors (Lipinski definition) is 1. The molecule has 0 radical (unpaired) electrons. The first-order valence-corrected chi connectivity index (χ1v) is 7.79. The van der Waals surface area contributed by atoms with E-state index >= 15 is 0 Å². The van der Waals surface area contributed by atoms with E-state index in [9.17, 15) is 4.79 Å². The van der Waals surface area contributed by atoms with Crippen molar-refractivity contribution in [2.75, 3.05) is 7.05 Å². The van der Waals surface area contributed by atoms with E-state index in [0.717, 1.165) is 18.4 Å². The van der Waals surface area contributed by atoms with E-state index in [-0.39, 0.29) is 5.91 Å². The average Bonchev–Trinajstić information content (AvgIpc) is 2.86. The van der Waals surface area contributed by atoms with Crippen molar-refractivity contribution in [1.29, 1.82) is 0 Å². The number of para-hydroxylation sites is 1. The molecule has 0 unspecified atom stereocenters. The molecule has 0 aliphatic carbocycles. The van der Waals surface area contributed by atoms with Crippen molar-refractivity contribution in [3.8, 4) is 0 Å². The zero-order valence-corrected chi connectivity index (χ0v) is 13.5. The average molecular weight is 286 g/mol. The van der Waals surface area contributed by atoms with Gasteiger partial charge in [0, 0.05) is 36.6 Å². The van der Waals surface area contributed by atoms with Crippen molar-refractivity contribution in [2.45, 2.75) is 46.1 Å². The van der Waals surface area contributed by atoms with Gasteiger partial charge in [-0.3, -0.25) is 4.79 Å². The standard InChI is InChI=1S/C18H26N2O/c1-13(2)11-14(3)20(4)18(21)10-9-15-12-19-17-8-6-5-7-16(15)17/h5-8,12-14,19H,9-11H2,1-4H3/t14-/m1/s1. The molecule has 0 aliphatic heterocycles. The number of benzene rings is 1. The Morgan fingerprint density at radius 3 is 2.67 bits per heavy atom. The summed E-state index contributed by atoms with van der Waals surface area (Å²) in [4.78, 5) is 17.5. The maximum atomic E-state index is 12.3. The summed E-state index contributed by atoms with van der Waals surface area (Å²) in [6, 6.07) is 8.54. The van der Waals surface area contributed by atoms with Gasteiger partial charge in [-0.25, -0.2) is 0 Å². The zero-order valence-electron chi connectivity index (χ0n) is 13.5. The van der Waals surface area contributed by atoms with Gasteiger partial charge in [-0.05, 0) is 37.3 Å². The first-order valence-electron chi connectivity index (χ1n) is 7.79. The summed E-state index contributed by atoms with van der Waals surface area (Å²) in [5, 5.41) is 1.23. The normalized spacial score (nSPS) is 12.8. The Hall–Kier alpha value is -1.77. The molecule has 0 saturated heterocycles. The van der Waals surface area contributed by atoms with Crippen LogP contribution in [0.15, 0.2) is 30.5 Å². The lowest BCUT2D eigenvalue weighted by Gasteiger charge is -2.26. The Morgan fingerprint density at radius 1 is 1.24 bits per heavy atom. The lowest BCUT2D eigenvalue weighted by molar-refractivity contribution is -0.131. The Labute approximate surface area is 127 Å². The summed E-state index contributed by atoms with van der Waals surface area (Å²) in [6.45, 7) is 6.52.